The van der Waals surface area contributed by atoms with Crippen molar-refractivity contribution in [1.29, 1.82) is 0 Å². The molecular weight excluding hydrogens is 362 g/mol. The summed E-state index contributed by atoms with van der Waals surface area (Å²) in [5.41, 5.74) is 3.13. The molecule has 0 bridgehead atoms. The van der Waals surface area contributed by atoms with Crippen molar-refractivity contribution in [2.45, 2.75) is 32.7 Å². The Kier molecular flexibility index (Phi) is 4.88. The molecule has 1 saturated heterocycles. The number of sulfone groups is 1. The molecular formula is C17H20ClN3O3S. The maximum atomic E-state index is 12.3. The number of nitrogens with zero attached hydrogens (tertiary/aromatic N) is 2. The van der Waals surface area contributed by atoms with Gasteiger partial charge in [-0.25, -0.2) is 8.42 Å². The summed E-state index contributed by atoms with van der Waals surface area (Å²) >= 11 is 5.84. The Morgan fingerprint density at radius 1 is 1.32 bits per heavy atom. The molecule has 0 saturated carbocycles. The van der Waals surface area contributed by atoms with Crippen LogP contribution in [0.25, 0.3) is 0 Å². The van der Waals surface area contributed by atoms with Gasteiger partial charge in [0.1, 0.15) is 0 Å². The molecule has 1 atom stereocenters. The van der Waals surface area contributed by atoms with Crippen LogP contribution in [-0.4, -0.2) is 35.6 Å². The number of aromatic nitrogens is 2. The molecule has 8 heteroatoms. The third-order valence-corrected chi connectivity index (χ3v) is 6.50. The Balaban J connectivity index is 1.74. The van der Waals surface area contributed by atoms with Crippen molar-refractivity contribution in [3.8, 4) is 0 Å². The molecule has 1 unspecified atom stereocenters. The number of aryl methyl sites for hydroxylation is 1. The van der Waals surface area contributed by atoms with E-state index >= 15 is 0 Å². The van der Waals surface area contributed by atoms with Crippen LogP contribution >= 0.6 is 11.6 Å². The SMILES string of the molecule is Cc1nn(C2CCS(=O)(=O)C2)c(C)c1CC(=O)Nc1ccc(Cl)cc1. The van der Waals surface area contributed by atoms with Crippen molar-refractivity contribution in [3.05, 3.63) is 46.2 Å². The lowest BCUT2D eigenvalue weighted by atomic mass is 10.1. The van der Waals surface area contributed by atoms with Gasteiger partial charge in [-0.2, -0.15) is 5.10 Å². The highest BCUT2D eigenvalue weighted by molar-refractivity contribution is 7.91. The number of amides is 1. The van der Waals surface area contributed by atoms with Crippen LogP contribution in [0.1, 0.15) is 29.4 Å². The quantitative estimate of drug-likeness (QED) is 0.882. The molecule has 0 aliphatic carbocycles. The van der Waals surface area contributed by atoms with Crippen LogP contribution in [0, 0.1) is 13.8 Å². The van der Waals surface area contributed by atoms with Crippen LogP contribution in [0.4, 0.5) is 5.69 Å². The van der Waals surface area contributed by atoms with Gasteiger partial charge in [0, 0.05) is 22.0 Å². The largest absolute Gasteiger partial charge is 0.326 e. The van der Waals surface area contributed by atoms with Crippen molar-refractivity contribution in [2.75, 3.05) is 16.8 Å². The first-order valence-electron chi connectivity index (χ1n) is 8.05. The van der Waals surface area contributed by atoms with Crippen LogP contribution < -0.4 is 5.32 Å². The van der Waals surface area contributed by atoms with Crippen molar-refractivity contribution in [3.63, 3.8) is 0 Å². The topological polar surface area (TPSA) is 81.1 Å². The van der Waals surface area contributed by atoms with E-state index in [4.69, 9.17) is 11.6 Å². The Bertz CT molecular complexity index is 904. The number of carbonyl (C=O) groups is 1. The number of benzene rings is 1. The van der Waals surface area contributed by atoms with E-state index in [2.05, 4.69) is 10.4 Å². The highest BCUT2D eigenvalue weighted by Gasteiger charge is 2.31. The second-order valence-electron chi connectivity index (χ2n) is 6.38. The fourth-order valence-corrected chi connectivity index (χ4v) is 4.99. The van der Waals surface area contributed by atoms with E-state index in [0.717, 1.165) is 17.0 Å². The maximum absolute atomic E-state index is 12.3. The first kappa shape index (κ1) is 17.9. The fraction of sp³-hybridized carbons (Fsp3) is 0.412. The summed E-state index contributed by atoms with van der Waals surface area (Å²) in [6, 6.07) is 6.77. The summed E-state index contributed by atoms with van der Waals surface area (Å²) in [5, 5.41) is 7.93. The fourth-order valence-electron chi connectivity index (χ4n) is 3.18. The number of halogens is 1. The number of rotatable bonds is 4. The molecule has 25 heavy (non-hydrogen) atoms. The second-order valence-corrected chi connectivity index (χ2v) is 9.05. The highest BCUT2D eigenvalue weighted by Crippen LogP contribution is 2.27. The monoisotopic (exact) mass is 381 g/mol. The molecule has 1 aromatic carbocycles. The second kappa shape index (κ2) is 6.80. The number of hydrogen-bond acceptors (Lipinski definition) is 4. The van der Waals surface area contributed by atoms with Crippen molar-refractivity contribution in [2.24, 2.45) is 0 Å². The highest BCUT2D eigenvalue weighted by atomic mass is 35.5. The normalized spacial score (nSPS) is 19.1. The minimum Gasteiger partial charge on any atom is -0.326 e. The van der Waals surface area contributed by atoms with E-state index < -0.39 is 9.84 Å². The summed E-state index contributed by atoms with van der Waals surface area (Å²) in [6.07, 6.45) is 0.764. The summed E-state index contributed by atoms with van der Waals surface area (Å²) in [4.78, 5) is 12.3. The van der Waals surface area contributed by atoms with Crippen molar-refractivity contribution >= 4 is 33.0 Å². The van der Waals surface area contributed by atoms with Gasteiger partial charge >= 0.3 is 0 Å². The van der Waals surface area contributed by atoms with Gasteiger partial charge < -0.3 is 5.32 Å². The number of hydrogen-bond donors (Lipinski definition) is 1. The number of nitrogens with one attached hydrogen (secondary N) is 1. The lowest BCUT2D eigenvalue weighted by Gasteiger charge is -2.11. The average Bonchev–Trinajstić information content (AvgIpc) is 3.03. The Morgan fingerprint density at radius 2 is 2.00 bits per heavy atom. The summed E-state index contributed by atoms with van der Waals surface area (Å²) in [7, 11) is -2.98. The summed E-state index contributed by atoms with van der Waals surface area (Å²) < 4.78 is 25.2. The van der Waals surface area contributed by atoms with Crippen molar-refractivity contribution in [1.82, 2.24) is 9.78 Å². The predicted molar refractivity (Wildman–Crippen MR) is 97.8 cm³/mol. The van der Waals surface area contributed by atoms with Crippen molar-refractivity contribution < 1.29 is 13.2 Å². The maximum Gasteiger partial charge on any atom is 0.228 e. The molecule has 1 aliphatic heterocycles. The third-order valence-electron chi connectivity index (χ3n) is 4.49. The molecule has 1 amide bonds. The van der Waals surface area contributed by atoms with Gasteiger partial charge in [0.05, 0.1) is 29.7 Å². The van der Waals surface area contributed by atoms with E-state index in [0.29, 0.717) is 17.1 Å². The van der Waals surface area contributed by atoms with E-state index in [1.165, 1.54) is 0 Å². The van der Waals surface area contributed by atoms with E-state index in [1.54, 1.807) is 28.9 Å². The van der Waals surface area contributed by atoms with Crippen LogP contribution in [0.15, 0.2) is 24.3 Å². The molecule has 2 heterocycles. The molecule has 1 N–H and O–H groups in total. The lowest BCUT2D eigenvalue weighted by Crippen LogP contribution is -2.16. The average molecular weight is 382 g/mol. The Morgan fingerprint density at radius 3 is 2.60 bits per heavy atom. The van der Waals surface area contributed by atoms with Gasteiger partial charge in [-0.05, 0) is 44.5 Å². The third kappa shape index (κ3) is 4.04. The zero-order valence-corrected chi connectivity index (χ0v) is 15.7. The molecule has 2 aromatic rings. The molecule has 1 fully saturated rings. The van der Waals surface area contributed by atoms with E-state index in [9.17, 15) is 13.2 Å². The van der Waals surface area contributed by atoms with Gasteiger partial charge in [0.15, 0.2) is 9.84 Å². The van der Waals surface area contributed by atoms with Gasteiger partial charge in [-0.15, -0.1) is 0 Å². The van der Waals surface area contributed by atoms with Crippen LogP contribution in [0.2, 0.25) is 5.02 Å². The number of carbonyl (C=O) groups excluding carboxylic acids is 1. The predicted octanol–water partition coefficient (Wildman–Crippen LogP) is 2.69. The molecule has 0 radical (unpaired) electrons. The lowest BCUT2D eigenvalue weighted by molar-refractivity contribution is -0.115. The molecule has 3 rings (SSSR count). The van der Waals surface area contributed by atoms with Crippen LogP contribution in [0.3, 0.4) is 0 Å². The van der Waals surface area contributed by atoms with Crippen LogP contribution in [-0.2, 0) is 21.1 Å². The Labute approximate surface area is 152 Å². The van der Waals surface area contributed by atoms with Crippen LogP contribution in [0.5, 0.6) is 0 Å². The van der Waals surface area contributed by atoms with Gasteiger partial charge in [-0.1, -0.05) is 11.6 Å². The zero-order valence-electron chi connectivity index (χ0n) is 14.1. The zero-order chi connectivity index (χ0) is 18.2. The standard InChI is InChI=1S/C17H20ClN3O3S/c1-11-16(9-17(22)19-14-5-3-13(18)4-6-14)12(2)21(20-11)15-7-8-25(23,24)10-15/h3-6,15H,7-10H2,1-2H3,(H,19,22). The summed E-state index contributed by atoms with van der Waals surface area (Å²) in [6.45, 7) is 3.73. The molecule has 134 valence electrons. The Hall–Kier alpha value is -1.86. The first-order valence-corrected chi connectivity index (χ1v) is 10.3. The molecule has 0 spiro atoms. The smallest absolute Gasteiger partial charge is 0.228 e. The molecule has 1 aromatic heterocycles. The molecule has 6 nitrogen and oxygen atoms in total. The van der Waals surface area contributed by atoms with Gasteiger partial charge in [0.25, 0.3) is 0 Å². The minimum atomic E-state index is -2.98. The summed E-state index contributed by atoms with van der Waals surface area (Å²) in [5.74, 6) is 0.167. The van der Waals surface area contributed by atoms with Gasteiger partial charge in [0.2, 0.25) is 5.91 Å². The van der Waals surface area contributed by atoms with Gasteiger partial charge in [-0.3, -0.25) is 9.48 Å². The van der Waals surface area contributed by atoms with E-state index in [-0.39, 0.29) is 29.9 Å². The first-order chi connectivity index (χ1) is 11.7. The number of anilines is 1. The molecule has 1 aliphatic rings. The van der Waals surface area contributed by atoms with E-state index in [1.807, 2.05) is 13.8 Å². The minimum absolute atomic E-state index is 0.116.